The van der Waals surface area contributed by atoms with Crippen LogP contribution < -0.4 is 5.32 Å². The van der Waals surface area contributed by atoms with E-state index in [2.05, 4.69) is 57.7 Å². The van der Waals surface area contributed by atoms with Crippen LogP contribution in [0, 0.1) is 20.8 Å². The van der Waals surface area contributed by atoms with Crippen LogP contribution in [0.2, 0.25) is 0 Å². The first-order valence-electron chi connectivity index (χ1n) is 10.2. The Balaban J connectivity index is 1.83. The molecule has 30 heavy (non-hydrogen) atoms. The first-order valence-corrected chi connectivity index (χ1v) is 10.6. The largest absolute Gasteiger partial charge is 0.396 e. The Morgan fingerprint density at radius 3 is 2.60 bits per heavy atom. The van der Waals surface area contributed by atoms with Crippen molar-refractivity contribution in [2.24, 2.45) is 0 Å². The Hall–Kier alpha value is -2.77. The second kappa shape index (κ2) is 8.53. The predicted octanol–water partition coefficient (Wildman–Crippen LogP) is 3.55. The van der Waals surface area contributed by atoms with Crippen molar-refractivity contribution < 1.29 is 5.11 Å². The minimum atomic E-state index is -0.0591. The number of nitrogens with zero attached hydrogens (tertiary/aromatic N) is 4. The lowest BCUT2D eigenvalue weighted by Gasteiger charge is -2.28. The van der Waals surface area contributed by atoms with E-state index in [4.69, 9.17) is 12.2 Å². The van der Waals surface area contributed by atoms with Crippen molar-refractivity contribution in [3.05, 3.63) is 77.0 Å². The Morgan fingerprint density at radius 1 is 1.10 bits per heavy atom. The van der Waals surface area contributed by atoms with Gasteiger partial charge in [0.05, 0.1) is 17.8 Å². The molecule has 4 heterocycles. The number of hydrogen-bond acceptors (Lipinski definition) is 4. The molecule has 1 aliphatic rings. The monoisotopic (exact) mass is 421 g/mol. The molecule has 1 aliphatic heterocycles. The van der Waals surface area contributed by atoms with Gasteiger partial charge in [0.1, 0.15) is 5.82 Å². The van der Waals surface area contributed by atoms with Crippen molar-refractivity contribution in [3.8, 4) is 5.82 Å². The quantitative estimate of drug-likeness (QED) is 0.594. The van der Waals surface area contributed by atoms with E-state index in [1.165, 1.54) is 5.56 Å². The molecule has 6 nitrogen and oxygen atoms in total. The van der Waals surface area contributed by atoms with Crippen molar-refractivity contribution >= 4 is 17.3 Å². The molecule has 0 saturated carbocycles. The maximum atomic E-state index is 9.42. The summed E-state index contributed by atoms with van der Waals surface area (Å²) in [6, 6.07) is 12.2. The fourth-order valence-corrected chi connectivity index (χ4v) is 4.68. The zero-order valence-electron chi connectivity index (χ0n) is 17.5. The standard InChI is InChI=1S/C23H27N5OS/c1-15-8-6-11-25-22(15)28-16(2)14-18(17(28)3)21-20(19-9-4-5-10-24-19)26-23(30)27(21)12-7-13-29/h4-6,8-11,14,20-21,29H,7,12-13H2,1-3H3,(H,26,30)/t20-,21+/m0/s1. The summed E-state index contributed by atoms with van der Waals surface area (Å²) in [6.45, 7) is 7.14. The van der Waals surface area contributed by atoms with Crippen LogP contribution in [0.15, 0.2) is 48.8 Å². The second-order valence-electron chi connectivity index (χ2n) is 7.70. The van der Waals surface area contributed by atoms with Gasteiger partial charge in [-0.25, -0.2) is 4.98 Å². The Kier molecular flexibility index (Phi) is 5.83. The molecule has 2 N–H and O–H groups in total. The van der Waals surface area contributed by atoms with E-state index in [-0.39, 0.29) is 18.7 Å². The maximum absolute atomic E-state index is 9.42. The third-order valence-corrected chi connectivity index (χ3v) is 6.09. The number of hydrogen-bond donors (Lipinski definition) is 2. The summed E-state index contributed by atoms with van der Waals surface area (Å²) in [5.41, 5.74) is 5.54. The van der Waals surface area contributed by atoms with Crippen molar-refractivity contribution in [1.29, 1.82) is 0 Å². The van der Waals surface area contributed by atoms with Gasteiger partial charge in [-0.2, -0.15) is 0 Å². The van der Waals surface area contributed by atoms with E-state index in [9.17, 15) is 5.11 Å². The highest BCUT2D eigenvalue weighted by Gasteiger charge is 2.41. The van der Waals surface area contributed by atoms with Crippen LogP contribution in [-0.4, -0.2) is 42.8 Å². The fraction of sp³-hybridized carbons (Fsp3) is 0.348. The highest BCUT2D eigenvalue weighted by Crippen LogP contribution is 2.41. The van der Waals surface area contributed by atoms with Gasteiger partial charge in [-0.05, 0) is 74.8 Å². The molecule has 4 rings (SSSR count). The number of thiocarbonyl (C=S) groups is 1. The molecule has 0 spiro atoms. The Bertz CT molecular complexity index is 1050. The van der Waals surface area contributed by atoms with Gasteiger partial charge in [0.25, 0.3) is 0 Å². The number of rotatable bonds is 6. The van der Waals surface area contributed by atoms with E-state index < -0.39 is 0 Å². The smallest absolute Gasteiger partial charge is 0.170 e. The molecular formula is C23H27N5OS. The van der Waals surface area contributed by atoms with Gasteiger partial charge in [-0.15, -0.1) is 0 Å². The molecule has 1 fully saturated rings. The topological polar surface area (TPSA) is 66.2 Å². The minimum Gasteiger partial charge on any atom is -0.396 e. The van der Waals surface area contributed by atoms with Crippen molar-refractivity contribution in [2.45, 2.75) is 39.3 Å². The first kappa shape index (κ1) is 20.5. The zero-order valence-corrected chi connectivity index (χ0v) is 18.4. The number of aryl methyl sites for hydroxylation is 2. The van der Waals surface area contributed by atoms with Gasteiger partial charge in [-0.1, -0.05) is 12.1 Å². The third kappa shape index (κ3) is 3.59. The molecule has 0 bridgehead atoms. The number of pyridine rings is 2. The van der Waals surface area contributed by atoms with E-state index in [0.717, 1.165) is 28.5 Å². The van der Waals surface area contributed by atoms with Crippen LogP contribution in [0.1, 0.15) is 46.7 Å². The molecule has 3 aromatic heterocycles. The van der Waals surface area contributed by atoms with Gasteiger partial charge >= 0.3 is 0 Å². The van der Waals surface area contributed by atoms with Crippen molar-refractivity contribution in [2.75, 3.05) is 13.2 Å². The molecular weight excluding hydrogens is 394 g/mol. The summed E-state index contributed by atoms with van der Waals surface area (Å²) in [4.78, 5) is 11.4. The average molecular weight is 422 g/mol. The Morgan fingerprint density at radius 2 is 1.90 bits per heavy atom. The van der Waals surface area contributed by atoms with E-state index in [1.807, 2.05) is 36.7 Å². The lowest BCUT2D eigenvalue weighted by Crippen LogP contribution is -2.31. The van der Waals surface area contributed by atoms with Crippen LogP contribution in [0.3, 0.4) is 0 Å². The molecule has 0 radical (unpaired) electrons. The fourth-order valence-electron chi connectivity index (χ4n) is 4.35. The molecule has 0 aliphatic carbocycles. The maximum Gasteiger partial charge on any atom is 0.170 e. The highest BCUT2D eigenvalue weighted by atomic mass is 32.1. The summed E-state index contributed by atoms with van der Waals surface area (Å²) in [6.07, 6.45) is 4.30. The van der Waals surface area contributed by atoms with Crippen molar-refractivity contribution in [1.82, 2.24) is 24.8 Å². The van der Waals surface area contributed by atoms with E-state index in [0.29, 0.717) is 18.1 Å². The molecule has 1 saturated heterocycles. The number of nitrogens with one attached hydrogen (secondary N) is 1. The van der Waals surface area contributed by atoms with Gasteiger partial charge in [0.15, 0.2) is 5.11 Å². The van der Waals surface area contributed by atoms with Crippen LogP contribution >= 0.6 is 12.2 Å². The zero-order chi connectivity index (χ0) is 21.3. The SMILES string of the molecule is Cc1cccnc1-n1c(C)cc([C@@H]2[C@H](c3ccccn3)NC(=S)N2CCCO)c1C. The molecule has 0 amide bonds. The van der Waals surface area contributed by atoms with Crippen molar-refractivity contribution in [3.63, 3.8) is 0 Å². The normalized spacial score (nSPS) is 18.7. The summed E-state index contributed by atoms with van der Waals surface area (Å²) < 4.78 is 2.21. The van der Waals surface area contributed by atoms with Crippen LogP contribution in [0.5, 0.6) is 0 Å². The molecule has 0 aromatic carbocycles. The number of aliphatic hydroxyl groups is 1. The number of aromatic nitrogens is 3. The van der Waals surface area contributed by atoms with Gasteiger partial charge in [0, 0.05) is 36.9 Å². The molecule has 2 atom stereocenters. The molecule has 7 heteroatoms. The van der Waals surface area contributed by atoms with Crippen LogP contribution in [0.4, 0.5) is 0 Å². The van der Waals surface area contributed by atoms with Crippen LogP contribution in [0.25, 0.3) is 5.82 Å². The summed E-state index contributed by atoms with van der Waals surface area (Å²) >= 11 is 5.69. The second-order valence-corrected chi connectivity index (χ2v) is 8.09. The Labute approximate surface area is 182 Å². The summed E-state index contributed by atoms with van der Waals surface area (Å²) in [5.74, 6) is 0.948. The summed E-state index contributed by atoms with van der Waals surface area (Å²) in [5, 5.41) is 13.6. The predicted molar refractivity (Wildman–Crippen MR) is 122 cm³/mol. The first-order chi connectivity index (χ1) is 14.5. The molecule has 0 unspecified atom stereocenters. The van der Waals surface area contributed by atoms with Crippen LogP contribution in [-0.2, 0) is 0 Å². The van der Waals surface area contributed by atoms with E-state index >= 15 is 0 Å². The lowest BCUT2D eigenvalue weighted by atomic mass is 9.96. The number of aliphatic hydroxyl groups excluding tert-OH is 1. The minimum absolute atomic E-state index is 0.0112. The lowest BCUT2D eigenvalue weighted by molar-refractivity contribution is 0.247. The molecule has 3 aromatic rings. The average Bonchev–Trinajstić information content (AvgIpc) is 3.23. The summed E-state index contributed by atoms with van der Waals surface area (Å²) in [7, 11) is 0. The van der Waals surface area contributed by atoms with E-state index in [1.54, 1.807) is 0 Å². The van der Waals surface area contributed by atoms with Gasteiger partial charge in [-0.3, -0.25) is 4.98 Å². The van der Waals surface area contributed by atoms with Gasteiger partial charge < -0.3 is 19.9 Å². The van der Waals surface area contributed by atoms with Gasteiger partial charge in [0.2, 0.25) is 0 Å². The molecule has 156 valence electrons. The highest BCUT2D eigenvalue weighted by molar-refractivity contribution is 7.80. The third-order valence-electron chi connectivity index (χ3n) is 5.74.